The molecule has 50 heavy (non-hydrogen) atoms. The summed E-state index contributed by atoms with van der Waals surface area (Å²) in [5.74, 6) is 0.424. The Bertz CT molecular complexity index is 2220. The van der Waals surface area contributed by atoms with Crippen molar-refractivity contribution in [3.05, 3.63) is 129 Å². The summed E-state index contributed by atoms with van der Waals surface area (Å²) in [4.78, 5) is 59.6. The van der Waals surface area contributed by atoms with Crippen LogP contribution in [0.3, 0.4) is 0 Å². The number of amides is 2. The van der Waals surface area contributed by atoms with Crippen LogP contribution < -0.4 is 31.0 Å². The highest BCUT2D eigenvalue weighted by Gasteiger charge is 2.36. The maximum Gasteiger partial charge on any atom is 0.349 e. The Labute approximate surface area is 288 Å². The molecule has 0 spiro atoms. The van der Waals surface area contributed by atoms with Crippen molar-refractivity contribution >= 4 is 39.8 Å². The number of piperazine rings is 1. The fraction of sp³-hybridized carbons (Fsp3) is 0.282. The van der Waals surface area contributed by atoms with E-state index in [9.17, 15) is 19.2 Å². The Morgan fingerprint density at radius 2 is 1.62 bits per heavy atom. The van der Waals surface area contributed by atoms with Crippen LogP contribution in [0.2, 0.25) is 0 Å². The van der Waals surface area contributed by atoms with Crippen molar-refractivity contribution in [1.29, 1.82) is 0 Å². The van der Waals surface area contributed by atoms with Gasteiger partial charge in [0.05, 0.1) is 18.5 Å². The van der Waals surface area contributed by atoms with Crippen molar-refractivity contribution in [3.8, 4) is 5.75 Å². The predicted octanol–water partition coefficient (Wildman–Crippen LogP) is 4.80. The van der Waals surface area contributed by atoms with E-state index in [2.05, 4.69) is 15.1 Å². The van der Waals surface area contributed by atoms with E-state index in [1.54, 1.807) is 37.4 Å². The Kier molecular flexibility index (Phi) is 8.10. The molecule has 0 radical (unpaired) electrons. The molecule has 3 aliphatic rings. The number of para-hydroxylation sites is 1. The van der Waals surface area contributed by atoms with Crippen LogP contribution in [0.15, 0.2) is 105 Å². The van der Waals surface area contributed by atoms with Gasteiger partial charge in [-0.05, 0) is 73.0 Å². The van der Waals surface area contributed by atoms with Gasteiger partial charge in [-0.2, -0.15) is 0 Å². The second kappa shape index (κ2) is 12.9. The molecule has 254 valence electrons. The number of aromatic nitrogens is 1. The van der Waals surface area contributed by atoms with Gasteiger partial charge in [-0.3, -0.25) is 14.4 Å². The van der Waals surface area contributed by atoms with Crippen LogP contribution in [0.1, 0.15) is 38.7 Å². The molecule has 11 nitrogen and oxygen atoms in total. The lowest BCUT2D eigenvalue weighted by Gasteiger charge is -2.44. The van der Waals surface area contributed by atoms with Crippen LogP contribution in [0.4, 0.5) is 17.1 Å². The third kappa shape index (κ3) is 5.89. The number of hydrogen-bond acceptors (Lipinski definition) is 8. The number of ether oxygens (including phenoxy) is 1. The van der Waals surface area contributed by atoms with Crippen LogP contribution in [-0.2, 0) is 6.54 Å². The number of piperidine rings is 1. The maximum atomic E-state index is 13.9. The molecule has 2 amide bonds. The monoisotopic (exact) mass is 671 g/mol. The Balaban J connectivity index is 1.08. The van der Waals surface area contributed by atoms with Gasteiger partial charge >= 0.3 is 5.63 Å². The van der Waals surface area contributed by atoms with Crippen LogP contribution >= 0.6 is 0 Å². The molecule has 1 N–H and O–H groups in total. The zero-order valence-corrected chi connectivity index (χ0v) is 27.7. The fourth-order valence-corrected chi connectivity index (χ4v) is 7.69. The van der Waals surface area contributed by atoms with Crippen molar-refractivity contribution in [2.45, 2.75) is 18.9 Å². The summed E-state index contributed by atoms with van der Waals surface area (Å²) < 4.78 is 12.6. The number of pyridine rings is 1. The van der Waals surface area contributed by atoms with Crippen LogP contribution in [0.25, 0.3) is 11.0 Å². The third-order valence-corrected chi connectivity index (χ3v) is 10.2. The molecule has 0 unspecified atom stereocenters. The summed E-state index contributed by atoms with van der Waals surface area (Å²) in [5, 5.41) is 3.61. The fourth-order valence-electron chi connectivity index (χ4n) is 7.69. The zero-order valence-electron chi connectivity index (χ0n) is 27.7. The first-order valence-corrected chi connectivity index (χ1v) is 17.0. The quantitative estimate of drug-likeness (QED) is 0.256. The molecule has 3 aromatic carbocycles. The first-order valence-electron chi connectivity index (χ1n) is 17.0. The highest BCUT2D eigenvalue weighted by Crippen LogP contribution is 2.39. The molecule has 3 aliphatic heterocycles. The lowest BCUT2D eigenvalue weighted by Crippen LogP contribution is -2.49. The summed E-state index contributed by atoms with van der Waals surface area (Å²) in [6, 6.07) is 27.3. The summed E-state index contributed by atoms with van der Waals surface area (Å²) in [6.07, 6.45) is 0.971. The molecule has 2 aromatic heterocycles. The van der Waals surface area contributed by atoms with Gasteiger partial charge in [0.2, 0.25) is 0 Å². The predicted molar refractivity (Wildman–Crippen MR) is 192 cm³/mol. The molecule has 11 heteroatoms. The minimum atomic E-state index is -0.737. The second-order valence-electron chi connectivity index (χ2n) is 13.3. The largest absolute Gasteiger partial charge is 0.497 e. The van der Waals surface area contributed by atoms with Gasteiger partial charge < -0.3 is 33.7 Å². The number of fused-ring (bicyclic) bond motifs is 5. The van der Waals surface area contributed by atoms with E-state index in [1.807, 2.05) is 64.1 Å². The highest BCUT2D eigenvalue weighted by atomic mass is 16.5. The van der Waals surface area contributed by atoms with E-state index < -0.39 is 11.5 Å². The minimum absolute atomic E-state index is 0.0144. The summed E-state index contributed by atoms with van der Waals surface area (Å²) in [6.45, 7) is 4.39. The topological polar surface area (TPSA) is 117 Å². The minimum Gasteiger partial charge on any atom is -0.497 e. The Hall–Kier alpha value is -5.84. The van der Waals surface area contributed by atoms with Gasteiger partial charge in [-0.15, -0.1) is 0 Å². The van der Waals surface area contributed by atoms with E-state index in [4.69, 9.17) is 9.15 Å². The van der Waals surface area contributed by atoms with Crippen LogP contribution in [0.5, 0.6) is 5.75 Å². The van der Waals surface area contributed by atoms with Crippen molar-refractivity contribution in [3.63, 3.8) is 0 Å². The van der Waals surface area contributed by atoms with Crippen molar-refractivity contribution < 1.29 is 18.7 Å². The first-order chi connectivity index (χ1) is 24.3. The van der Waals surface area contributed by atoms with Gasteiger partial charge in [0.15, 0.2) is 0 Å². The van der Waals surface area contributed by atoms with E-state index in [0.29, 0.717) is 68.0 Å². The molecule has 2 bridgehead atoms. The molecule has 8 rings (SSSR count). The number of nitrogens with one attached hydrogen (secondary N) is 1. The van der Waals surface area contributed by atoms with Crippen LogP contribution in [-0.4, -0.2) is 67.7 Å². The molecule has 2 fully saturated rings. The maximum absolute atomic E-state index is 13.9. The van der Waals surface area contributed by atoms with Crippen molar-refractivity contribution in [2.24, 2.45) is 5.92 Å². The lowest BCUT2D eigenvalue weighted by atomic mass is 9.83. The number of methoxy groups -OCH3 is 1. The smallest absolute Gasteiger partial charge is 0.349 e. The highest BCUT2D eigenvalue weighted by molar-refractivity contribution is 6.08. The van der Waals surface area contributed by atoms with Crippen molar-refractivity contribution in [1.82, 2.24) is 9.47 Å². The average molecular weight is 672 g/mol. The Morgan fingerprint density at radius 3 is 2.42 bits per heavy atom. The SMILES string of the molecule is COc1ccc(N2CCN(C(=O)c3ccc(N4C[C@H]5C[C@@H](C4)c4cccc(=O)n4C5)c(NC(=O)c4cc5ccccc5oc4=O)c3)CC2)cc1. The summed E-state index contributed by atoms with van der Waals surface area (Å²) >= 11 is 0. The standard InChI is InChI=1S/C39H37N5O6/c1-49-30-12-10-29(11-13-30)41-15-17-42(18-16-41)38(47)27-9-14-34(43-22-25-19-28(24-43)33-6-4-8-36(45)44(33)23-25)32(21-27)40-37(46)31-20-26-5-2-3-7-35(26)50-39(31)48/h2-14,20-21,25,28H,15-19,22-24H2,1H3,(H,40,46)/t25-,28+/m1/s1. The Morgan fingerprint density at radius 1 is 0.820 bits per heavy atom. The van der Waals surface area contributed by atoms with Gasteiger partial charge in [-0.1, -0.05) is 24.3 Å². The number of rotatable bonds is 6. The number of carbonyl (C=O) groups excluding carboxylic acids is 2. The van der Waals surface area contributed by atoms with Crippen molar-refractivity contribution in [2.75, 3.05) is 61.5 Å². The van der Waals surface area contributed by atoms with Crippen LogP contribution in [0, 0.1) is 5.92 Å². The number of benzene rings is 3. The molecule has 5 heterocycles. The number of anilines is 3. The molecular formula is C39H37N5O6. The summed E-state index contributed by atoms with van der Waals surface area (Å²) in [7, 11) is 1.64. The third-order valence-electron chi connectivity index (χ3n) is 10.2. The normalized spacial score (nSPS) is 18.5. The molecule has 0 aliphatic carbocycles. The lowest BCUT2D eigenvalue weighted by molar-refractivity contribution is 0.0746. The number of nitrogens with zero attached hydrogens (tertiary/aromatic N) is 4. The van der Waals surface area contributed by atoms with Gasteiger partial charge in [0, 0.05) is 80.1 Å². The summed E-state index contributed by atoms with van der Waals surface area (Å²) in [5.41, 5.74) is 3.28. The molecule has 5 aromatic rings. The van der Waals surface area contributed by atoms with Gasteiger partial charge in [0.25, 0.3) is 17.4 Å². The average Bonchev–Trinajstić information content (AvgIpc) is 3.14. The molecular weight excluding hydrogens is 634 g/mol. The number of hydrogen-bond donors (Lipinski definition) is 1. The molecule has 2 saturated heterocycles. The molecule has 0 saturated carbocycles. The van der Waals surface area contributed by atoms with E-state index >= 15 is 0 Å². The van der Waals surface area contributed by atoms with Gasteiger partial charge in [0.1, 0.15) is 16.9 Å². The second-order valence-corrected chi connectivity index (χ2v) is 13.3. The van der Waals surface area contributed by atoms with Gasteiger partial charge in [-0.25, -0.2) is 4.79 Å². The zero-order chi connectivity index (χ0) is 34.4. The molecule has 2 atom stereocenters. The van der Waals surface area contributed by atoms with E-state index in [0.717, 1.165) is 29.2 Å². The van der Waals surface area contributed by atoms with E-state index in [1.165, 1.54) is 6.07 Å². The van der Waals surface area contributed by atoms with E-state index in [-0.39, 0.29) is 28.9 Å². The number of carbonyl (C=O) groups is 2. The first kappa shape index (κ1) is 31.4.